The summed E-state index contributed by atoms with van der Waals surface area (Å²) >= 11 is 0. The van der Waals surface area contributed by atoms with Gasteiger partial charge in [-0.1, -0.05) is 23.8 Å². The zero-order valence-corrected chi connectivity index (χ0v) is 17.1. The van der Waals surface area contributed by atoms with Crippen LogP contribution in [0.15, 0.2) is 51.7 Å². The Labute approximate surface area is 169 Å². The van der Waals surface area contributed by atoms with Crippen LogP contribution in [0.3, 0.4) is 0 Å². The molecule has 2 aromatic carbocycles. The molecule has 0 aliphatic carbocycles. The predicted octanol–water partition coefficient (Wildman–Crippen LogP) is 3.22. The molecule has 29 heavy (non-hydrogen) atoms. The number of amides is 1. The molecule has 3 aromatic rings. The Bertz CT molecular complexity index is 1130. The van der Waals surface area contributed by atoms with Gasteiger partial charge in [0.25, 0.3) is 5.91 Å². The molecular weight excluding hydrogens is 368 g/mol. The number of methoxy groups -OCH3 is 1. The van der Waals surface area contributed by atoms with Crippen molar-refractivity contribution < 1.29 is 13.9 Å². The summed E-state index contributed by atoms with van der Waals surface area (Å²) in [5.41, 5.74) is 2.54. The third-order valence-electron chi connectivity index (χ3n) is 5.34. The molecule has 1 amide bonds. The summed E-state index contributed by atoms with van der Waals surface area (Å²) in [6.07, 6.45) is 0. The van der Waals surface area contributed by atoms with Gasteiger partial charge in [0.2, 0.25) is 5.76 Å². The summed E-state index contributed by atoms with van der Waals surface area (Å²) in [6.45, 7) is 3.10. The van der Waals surface area contributed by atoms with Crippen molar-refractivity contribution in [2.24, 2.45) is 0 Å². The van der Waals surface area contributed by atoms with Gasteiger partial charge in [0.05, 0.1) is 24.1 Å². The number of nitrogens with zero attached hydrogens (tertiary/aromatic N) is 2. The molecule has 0 bridgehead atoms. The zero-order chi connectivity index (χ0) is 20.7. The third kappa shape index (κ3) is 3.29. The molecule has 0 saturated heterocycles. The SMILES string of the molecule is COc1ccc(C2c3c(oc4ccc(C)cc4c3=O)C(=O)N2CCN(C)C)cc1. The maximum atomic E-state index is 13.4. The molecule has 0 N–H and O–H groups in total. The van der Waals surface area contributed by atoms with Crippen molar-refractivity contribution in [3.05, 3.63) is 75.1 Å². The highest BCUT2D eigenvalue weighted by molar-refractivity contribution is 5.99. The number of ether oxygens (including phenoxy) is 1. The molecule has 4 rings (SSSR count). The van der Waals surface area contributed by atoms with E-state index in [1.165, 1.54) is 0 Å². The Kier molecular flexibility index (Phi) is 4.88. The van der Waals surface area contributed by atoms with E-state index in [2.05, 4.69) is 0 Å². The molecule has 1 aliphatic heterocycles. The standard InChI is InChI=1S/C23H24N2O4/c1-14-5-10-18-17(13-14)21(26)19-20(15-6-8-16(28-4)9-7-15)25(12-11-24(2)3)23(27)22(19)29-18/h5-10,13,20H,11-12H2,1-4H3. The second-order valence-corrected chi connectivity index (χ2v) is 7.65. The Morgan fingerprint density at radius 2 is 1.83 bits per heavy atom. The fourth-order valence-corrected chi connectivity index (χ4v) is 3.81. The van der Waals surface area contributed by atoms with Crippen LogP contribution >= 0.6 is 0 Å². The van der Waals surface area contributed by atoms with Gasteiger partial charge in [-0.05, 0) is 50.8 Å². The van der Waals surface area contributed by atoms with Gasteiger partial charge in [-0.25, -0.2) is 0 Å². The van der Waals surface area contributed by atoms with Crippen molar-refractivity contribution in [2.45, 2.75) is 13.0 Å². The normalized spacial score (nSPS) is 16.0. The zero-order valence-electron chi connectivity index (χ0n) is 17.1. The molecule has 2 heterocycles. The van der Waals surface area contributed by atoms with Crippen LogP contribution in [-0.4, -0.2) is 50.0 Å². The van der Waals surface area contributed by atoms with Crippen molar-refractivity contribution in [3.63, 3.8) is 0 Å². The average Bonchev–Trinajstić information content (AvgIpc) is 2.99. The Hall–Kier alpha value is -3.12. The first-order valence-electron chi connectivity index (χ1n) is 9.57. The smallest absolute Gasteiger partial charge is 0.290 e. The van der Waals surface area contributed by atoms with Gasteiger partial charge in [0.15, 0.2) is 5.43 Å². The van der Waals surface area contributed by atoms with Gasteiger partial charge in [-0.3, -0.25) is 9.59 Å². The van der Waals surface area contributed by atoms with E-state index >= 15 is 0 Å². The maximum absolute atomic E-state index is 13.4. The summed E-state index contributed by atoms with van der Waals surface area (Å²) in [7, 11) is 5.52. The summed E-state index contributed by atoms with van der Waals surface area (Å²) in [6, 6.07) is 12.4. The molecule has 1 unspecified atom stereocenters. The molecule has 0 saturated carbocycles. The second kappa shape index (κ2) is 7.37. The van der Waals surface area contributed by atoms with E-state index in [4.69, 9.17) is 9.15 Å². The monoisotopic (exact) mass is 392 g/mol. The van der Waals surface area contributed by atoms with Crippen LogP contribution in [0, 0.1) is 6.92 Å². The molecule has 6 nitrogen and oxygen atoms in total. The number of hydrogen-bond acceptors (Lipinski definition) is 5. The molecular formula is C23H24N2O4. The fraction of sp³-hybridized carbons (Fsp3) is 0.304. The van der Waals surface area contributed by atoms with E-state index in [0.717, 1.165) is 16.9 Å². The molecule has 0 radical (unpaired) electrons. The van der Waals surface area contributed by atoms with Crippen molar-refractivity contribution in [1.29, 1.82) is 0 Å². The molecule has 1 aliphatic rings. The lowest BCUT2D eigenvalue weighted by atomic mass is 9.98. The largest absolute Gasteiger partial charge is 0.497 e. The number of likely N-dealkylation sites (N-methyl/N-ethyl adjacent to an activating group) is 1. The van der Waals surface area contributed by atoms with E-state index in [1.807, 2.05) is 62.3 Å². The van der Waals surface area contributed by atoms with E-state index in [9.17, 15) is 9.59 Å². The Morgan fingerprint density at radius 3 is 2.48 bits per heavy atom. The molecule has 6 heteroatoms. The van der Waals surface area contributed by atoms with Crippen LogP contribution in [0.4, 0.5) is 0 Å². The summed E-state index contributed by atoms with van der Waals surface area (Å²) in [4.78, 5) is 30.4. The van der Waals surface area contributed by atoms with Gasteiger partial charge in [0.1, 0.15) is 11.3 Å². The lowest BCUT2D eigenvalue weighted by Crippen LogP contribution is -2.35. The van der Waals surface area contributed by atoms with E-state index in [-0.39, 0.29) is 17.1 Å². The maximum Gasteiger partial charge on any atom is 0.290 e. The first kappa shape index (κ1) is 19.2. The highest BCUT2D eigenvalue weighted by atomic mass is 16.5. The number of fused-ring (bicyclic) bond motifs is 2. The van der Waals surface area contributed by atoms with Crippen molar-refractivity contribution in [2.75, 3.05) is 34.3 Å². The van der Waals surface area contributed by atoms with Crippen molar-refractivity contribution in [1.82, 2.24) is 9.80 Å². The highest BCUT2D eigenvalue weighted by Crippen LogP contribution is 2.38. The number of rotatable bonds is 5. The van der Waals surface area contributed by atoms with Crippen molar-refractivity contribution >= 4 is 16.9 Å². The first-order chi connectivity index (χ1) is 13.9. The van der Waals surface area contributed by atoms with Crippen LogP contribution in [0.1, 0.15) is 33.3 Å². The minimum atomic E-state index is -0.482. The molecule has 150 valence electrons. The molecule has 0 spiro atoms. The highest BCUT2D eigenvalue weighted by Gasteiger charge is 2.42. The molecule has 1 atom stereocenters. The minimum absolute atomic E-state index is 0.144. The van der Waals surface area contributed by atoms with Gasteiger partial charge >= 0.3 is 0 Å². The predicted molar refractivity (Wildman–Crippen MR) is 112 cm³/mol. The van der Waals surface area contributed by atoms with E-state index in [1.54, 1.807) is 18.1 Å². The number of benzene rings is 2. The second-order valence-electron chi connectivity index (χ2n) is 7.65. The number of aryl methyl sites for hydroxylation is 1. The average molecular weight is 392 g/mol. The fourth-order valence-electron chi connectivity index (χ4n) is 3.81. The van der Waals surface area contributed by atoms with Crippen LogP contribution in [0.5, 0.6) is 5.75 Å². The van der Waals surface area contributed by atoms with Gasteiger partial charge in [0, 0.05) is 13.1 Å². The number of carbonyl (C=O) groups is 1. The quantitative estimate of drug-likeness (QED) is 0.667. The minimum Gasteiger partial charge on any atom is -0.497 e. The van der Waals surface area contributed by atoms with E-state index < -0.39 is 6.04 Å². The summed E-state index contributed by atoms with van der Waals surface area (Å²) in [5.74, 6) is 0.618. The topological polar surface area (TPSA) is 63.0 Å². The van der Waals surface area contributed by atoms with Gasteiger partial charge in [-0.2, -0.15) is 0 Å². The Balaban J connectivity index is 1.92. The summed E-state index contributed by atoms with van der Waals surface area (Å²) in [5, 5.41) is 0.504. The Morgan fingerprint density at radius 1 is 1.10 bits per heavy atom. The summed E-state index contributed by atoms with van der Waals surface area (Å²) < 4.78 is 11.2. The lowest BCUT2D eigenvalue weighted by Gasteiger charge is -2.26. The van der Waals surface area contributed by atoms with Crippen LogP contribution < -0.4 is 10.2 Å². The third-order valence-corrected chi connectivity index (χ3v) is 5.34. The van der Waals surface area contributed by atoms with Crippen LogP contribution in [0.2, 0.25) is 0 Å². The molecule has 0 fully saturated rings. The molecule has 1 aromatic heterocycles. The first-order valence-corrected chi connectivity index (χ1v) is 9.57. The van der Waals surface area contributed by atoms with Crippen molar-refractivity contribution in [3.8, 4) is 5.75 Å². The van der Waals surface area contributed by atoms with Crippen LogP contribution in [0.25, 0.3) is 11.0 Å². The number of hydrogen-bond donors (Lipinski definition) is 0. The van der Waals surface area contributed by atoms with Gasteiger partial charge in [-0.15, -0.1) is 0 Å². The lowest BCUT2D eigenvalue weighted by molar-refractivity contribution is 0.0716. The van der Waals surface area contributed by atoms with E-state index in [0.29, 0.717) is 29.6 Å². The van der Waals surface area contributed by atoms with Crippen LogP contribution in [-0.2, 0) is 0 Å². The number of carbonyl (C=O) groups excluding carboxylic acids is 1. The van der Waals surface area contributed by atoms with Gasteiger partial charge < -0.3 is 19.0 Å².